The summed E-state index contributed by atoms with van der Waals surface area (Å²) in [5.41, 5.74) is 2.98. The second-order valence-electron chi connectivity index (χ2n) is 10.1. The third-order valence-corrected chi connectivity index (χ3v) is 10.5. The molecule has 1 aromatic heterocycles. The van der Waals surface area contributed by atoms with Crippen molar-refractivity contribution in [2.24, 2.45) is 4.99 Å². The van der Waals surface area contributed by atoms with Crippen molar-refractivity contribution < 1.29 is 16.8 Å². The van der Waals surface area contributed by atoms with Crippen molar-refractivity contribution in [3.8, 4) is 11.4 Å². The molecule has 5 rings (SSSR count). The van der Waals surface area contributed by atoms with E-state index in [9.17, 15) is 16.8 Å². The normalized spacial score (nSPS) is 12.3. The topological polar surface area (TPSA) is 103 Å². The average molecular weight is 661 g/mol. The van der Waals surface area contributed by atoms with Crippen LogP contribution in [0.25, 0.3) is 11.4 Å². The predicted molar refractivity (Wildman–Crippen MR) is 177 cm³/mol. The molecule has 44 heavy (non-hydrogen) atoms. The maximum absolute atomic E-state index is 13.7. The molecule has 0 unspecified atom stereocenters. The smallest absolute Gasteiger partial charge is 0.209 e. The lowest BCUT2D eigenvalue weighted by atomic mass is 10.2. The van der Waals surface area contributed by atoms with E-state index in [2.05, 4.69) is 9.98 Å². The molecule has 0 saturated heterocycles. The summed E-state index contributed by atoms with van der Waals surface area (Å²) in [6.45, 7) is 3.74. The van der Waals surface area contributed by atoms with Crippen LogP contribution < -0.4 is 0 Å². The van der Waals surface area contributed by atoms with Crippen LogP contribution in [0.5, 0.6) is 0 Å². The van der Waals surface area contributed by atoms with E-state index in [1.54, 1.807) is 84.9 Å². The van der Waals surface area contributed by atoms with Crippen molar-refractivity contribution in [2.45, 2.75) is 29.5 Å². The first-order chi connectivity index (χ1) is 21.0. The fraction of sp³-hybridized carbons (Fsp3) is 0.125. The van der Waals surface area contributed by atoms with Crippen LogP contribution >= 0.6 is 24.4 Å². The van der Waals surface area contributed by atoms with Gasteiger partial charge in [-0.1, -0.05) is 96.1 Å². The van der Waals surface area contributed by atoms with Gasteiger partial charge >= 0.3 is 0 Å². The highest BCUT2D eigenvalue weighted by atomic mass is 32.2. The summed E-state index contributed by atoms with van der Waals surface area (Å²) in [5.74, 6) is -0.748. The van der Waals surface area contributed by atoms with Gasteiger partial charge in [-0.25, -0.2) is 26.4 Å². The molecule has 0 atom stereocenters. The van der Waals surface area contributed by atoms with Crippen LogP contribution in [0.2, 0.25) is 0 Å². The third kappa shape index (κ3) is 6.83. The minimum absolute atomic E-state index is 0.00474. The summed E-state index contributed by atoms with van der Waals surface area (Å²) in [5, 5.41) is 0. The van der Waals surface area contributed by atoms with Gasteiger partial charge in [0.15, 0.2) is 24.4 Å². The van der Waals surface area contributed by atoms with Crippen LogP contribution in [0.3, 0.4) is 0 Å². The van der Waals surface area contributed by atoms with E-state index in [0.717, 1.165) is 11.1 Å². The summed E-state index contributed by atoms with van der Waals surface area (Å²) in [4.78, 5) is 9.40. The van der Waals surface area contributed by atoms with Gasteiger partial charge in [0.2, 0.25) is 4.77 Å². The number of benzene rings is 4. The number of aromatic nitrogens is 3. The Labute approximate surface area is 266 Å². The van der Waals surface area contributed by atoms with Gasteiger partial charge in [-0.2, -0.15) is 0 Å². The van der Waals surface area contributed by atoms with Gasteiger partial charge in [-0.05, 0) is 62.5 Å². The lowest BCUT2D eigenvalue weighted by Gasteiger charge is -2.19. The molecule has 5 aromatic rings. The van der Waals surface area contributed by atoms with Crippen LogP contribution in [0.4, 0.5) is 0 Å². The Hall–Kier alpha value is -4.10. The van der Waals surface area contributed by atoms with Gasteiger partial charge in [0.1, 0.15) is 23.4 Å². The Kier molecular flexibility index (Phi) is 9.16. The third-order valence-electron chi connectivity index (χ3n) is 6.79. The standard InChI is InChI=1S/C32H28N4O4S4/c1-23-13-17-27(18-14-23)43(37,38)21-33-29(25-9-5-3-6-10-25)36-31(41)34-30(26-11-7-4-8-12-26)35(32(36)42)22-44(39,40)28-19-15-24(2)16-20-28/h3-20H,21-22H2,1-2H3. The van der Waals surface area contributed by atoms with Crippen LogP contribution in [-0.4, -0.2) is 42.7 Å². The van der Waals surface area contributed by atoms with Crippen molar-refractivity contribution in [3.63, 3.8) is 0 Å². The monoisotopic (exact) mass is 660 g/mol. The maximum atomic E-state index is 13.7. The van der Waals surface area contributed by atoms with Crippen LogP contribution in [-0.2, 0) is 25.6 Å². The highest BCUT2D eigenvalue weighted by molar-refractivity contribution is 7.91. The summed E-state index contributed by atoms with van der Waals surface area (Å²) >= 11 is 11.6. The fourth-order valence-corrected chi connectivity index (χ4v) is 7.43. The summed E-state index contributed by atoms with van der Waals surface area (Å²) in [7, 11) is -7.74. The molecule has 0 aliphatic rings. The van der Waals surface area contributed by atoms with Crippen molar-refractivity contribution in [1.29, 1.82) is 0 Å². The maximum Gasteiger partial charge on any atom is 0.209 e. The molecular weight excluding hydrogens is 633 g/mol. The first kappa shape index (κ1) is 31.3. The number of nitrogens with zero attached hydrogens (tertiary/aromatic N) is 4. The van der Waals surface area contributed by atoms with E-state index in [1.807, 2.05) is 26.0 Å². The highest BCUT2D eigenvalue weighted by Gasteiger charge is 2.23. The molecule has 0 spiro atoms. The van der Waals surface area contributed by atoms with Crippen molar-refractivity contribution in [1.82, 2.24) is 14.1 Å². The van der Waals surface area contributed by atoms with Crippen molar-refractivity contribution in [3.05, 3.63) is 135 Å². The second-order valence-corrected chi connectivity index (χ2v) is 14.7. The molecule has 0 saturated carbocycles. The van der Waals surface area contributed by atoms with Crippen LogP contribution in [0, 0.1) is 23.4 Å². The zero-order valence-corrected chi connectivity index (χ0v) is 27.1. The Morgan fingerprint density at radius 2 is 1.20 bits per heavy atom. The van der Waals surface area contributed by atoms with E-state index in [0.29, 0.717) is 11.1 Å². The number of rotatable bonds is 8. The predicted octanol–water partition coefficient (Wildman–Crippen LogP) is 6.59. The fourth-order valence-electron chi connectivity index (χ4n) is 4.43. The molecule has 0 radical (unpaired) electrons. The molecule has 0 aliphatic carbocycles. The largest absolute Gasteiger partial charge is 0.287 e. The van der Waals surface area contributed by atoms with Gasteiger partial charge in [0.25, 0.3) is 0 Å². The molecule has 224 valence electrons. The van der Waals surface area contributed by atoms with Crippen LogP contribution in [0.1, 0.15) is 16.7 Å². The SMILES string of the molecule is Cc1ccc(S(=O)(=O)CN=C(c2ccccc2)n2c(=S)nc(-c3ccccc3)n(CS(=O)(=O)c3ccc(C)cc3)c2=S)cc1. The second kappa shape index (κ2) is 12.9. The van der Waals surface area contributed by atoms with E-state index < -0.39 is 31.4 Å². The zero-order chi connectivity index (χ0) is 31.5. The highest BCUT2D eigenvalue weighted by Crippen LogP contribution is 2.23. The molecule has 8 nitrogen and oxygen atoms in total. The summed E-state index contributed by atoms with van der Waals surface area (Å²) in [6, 6.07) is 30.9. The minimum Gasteiger partial charge on any atom is -0.287 e. The molecule has 0 N–H and O–H groups in total. The van der Waals surface area contributed by atoms with Crippen molar-refractivity contribution >= 4 is 49.9 Å². The van der Waals surface area contributed by atoms with Gasteiger partial charge in [-0.15, -0.1) is 0 Å². The first-order valence-corrected chi connectivity index (χ1v) is 17.6. The number of hydrogen-bond acceptors (Lipinski definition) is 8. The Bertz CT molecular complexity index is 2180. The van der Waals surface area contributed by atoms with Crippen molar-refractivity contribution in [2.75, 3.05) is 5.88 Å². The van der Waals surface area contributed by atoms with E-state index >= 15 is 0 Å². The molecule has 12 heteroatoms. The molecule has 0 amide bonds. The molecule has 4 aromatic carbocycles. The number of aliphatic imine (C=N–C) groups is 1. The quantitative estimate of drug-likeness (QED) is 0.105. The van der Waals surface area contributed by atoms with E-state index in [-0.39, 0.29) is 31.0 Å². The number of hydrogen-bond donors (Lipinski definition) is 0. The van der Waals surface area contributed by atoms with E-state index in [1.165, 1.54) is 21.3 Å². The molecule has 0 fully saturated rings. The average Bonchev–Trinajstić information content (AvgIpc) is 3.01. The Balaban J connectivity index is 1.72. The van der Waals surface area contributed by atoms with Gasteiger partial charge in [0, 0.05) is 11.1 Å². The van der Waals surface area contributed by atoms with Gasteiger partial charge < -0.3 is 0 Å². The molecule has 0 aliphatic heterocycles. The first-order valence-electron chi connectivity index (χ1n) is 13.4. The van der Waals surface area contributed by atoms with Gasteiger partial charge in [-0.3, -0.25) is 9.56 Å². The molecule has 0 bridgehead atoms. The lowest BCUT2D eigenvalue weighted by molar-refractivity contribution is 0.579. The zero-order valence-electron chi connectivity index (χ0n) is 23.9. The Morgan fingerprint density at radius 1 is 0.705 bits per heavy atom. The van der Waals surface area contributed by atoms with E-state index in [4.69, 9.17) is 24.4 Å². The number of sulfone groups is 2. The van der Waals surface area contributed by atoms with Crippen LogP contribution in [0.15, 0.2) is 124 Å². The lowest BCUT2D eigenvalue weighted by Crippen LogP contribution is -2.25. The molecule has 1 heterocycles. The summed E-state index contributed by atoms with van der Waals surface area (Å²) < 4.78 is 56.7. The minimum atomic E-state index is -3.90. The summed E-state index contributed by atoms with van der Waals surface area (Å²) in [6.07, 6.45) is 0. The Morgan fingerprint density at radius 3 is 1.75 bits per heavy atom. The van der Waals surface area contributed by atoms with Gasteiger partial charge in [0.05, 0.1) is 9.79 Å². The molecular formula is C32H28N4O4S4. The number of aryl methyl sites for hydroxylation is 2.